The third-order valence-corrected chi connectivity index (χ3v) is 4.43. The largest absolute Gasteiger partial charge is 0.371 e. The van der Waals surface area contributed by atoms with Crippen molar-refractivity contribution in [2.75, 3.05) is 24.5 Å². The van der Waals surface area contributed by atoms with Crippen LogP contribution in [-0.4, -0.2) is 19.6 Å². The van der Waals surface area contributed by atoms with Crippen LogP contribution in [0.15, 0.2) is 24.3 Å². The molecule has 0 amide bonds. The standard InChI is InChI=1S/C15H22N2/c16-10-12-7-8-17(11-12)15-6-2-5-14(9-15)13-3-1-4-13/h2,5-6,9,12-13H,1,3-4,7-8,10-11,16H2. The molecule has 0 radical (unpaired) electrons. The fourth-order valence-corrected chi connectivity index (χ4v) is 2.98. The molecule has 1 saturated heterocycles. The minimum Gasteiger partial charge on any atom is -0.371 e. The van der Waals surface area contributed by atoms with Gasteiger partial charge in [0.05, 0.1) is 0 Å². The van der Waals surface area contributed by atoms with Crippen LogP contribution in [0.1, 0.15) is 37.2 Å². The van der Waals surface area contributed by atoms with Crippen LogP contribution in [0.5, 0.6) is 0 Å². The second-order valence-corrected chi connectivity index (χ2v) is 5.56. The van der Waals surface area contributed by atoms with E-state index in [9.17, 15) is 0 Å². The van der Waals surface area contributed by atoms with Gasteiger partial charge in [0.1, 0.15) is 0 Å². The van der Waals surface area contributed by atoms with Crippen molar-refractivity contribution >= 4 is 5.69 Å². The smallest absolute Gasteiger partial charge is 0.0369 e. The van der Waals surface area contributed by atoms with E-state index in [1.165, 1.54) is 37.9 Å². The van der Waals surface area contributed by atoms with Crippen molar-refractivity contribution in [3.05, 3.63) is 29.8 Å². The lowest BCUT2D eigenvalue weighted by Crippen LogP contribution is -2.22. The second kappa shape index (κ2) is 4.69. The van der Waals surface area contributed by atoms with Gasteiger partial charge in [0.25, 0.3) is 0 Å². The van der Waals surface area contributed by atoms with Crippen molar-refractivity contribution < 1.29 is 0 Å². The average molecular weight is 230 g/mol. The Balaban J connectivity index is 1.74. The summed E-state index contributed by atoms with van der Waals surface area (Å²) in [5, 5.41) is 0. The number of hydrogen-bond acceptors (Lipinski definition) is 2. The van der Waals surface area contributed by atoms with Crippen molar-refractivity contribution in [2.45, 2.75) is 31.6 Å². The Bertz CT molecular complexity index is 384. The first-order valence-corrected chi connectivity index (χ1v) is 6.92. The number of nitrogens with two attached hydrogens (primary N) is 1. The SMILES string of the molecule is NCC1CCN(c2cccc(C3CCC3)c2)C1. The molecule has 1 atom stereocenters. The van der Waals surface area contributed by atoms with E-state index in [2.05, 4.69) is 29.2 Å². The Morgan fingerprint density at radius 1 is 1.24 bits per heavy atom. The summed E-state index contributed by atoms with van der Waals surface area (Å²) in [6, 6.07) is 9.17. The maximum Gasteiger partial charge on any atom is 0.0369 e. The molecule has 1 heterocycles. The quantitative estimate of drug-likeness (QED) is 0.865. The zero-order chi connectivity index (χ0) is 11.7. The van der Waals surface area contributed by atoms with Crippen LogP contribution >= 0.6 is 0 Å². The summed E-state index contributed by atoms with van der Waals surface area (Å²) in [5.41, 5.74) is 8.71. The first-order chi connectivity index (χ1) is 8.36. The molecule has 2 nitrogen and oxygen atoms in total. The topological polar surface area (TPSA) is 29.3 Å². The van der Waals surface area contributed by atoms with Crippen molar-refractivity contribution in [1.82, 2.24) is 0 Å². The Morgan fingerprint density at radius 2 is 2.12 bits per heavy atom. The molecular weight excluding hydrogens is 208 g/mol. The van der Waals surface area contributed by atoms with Gasteiger partial charge in [-0.25, -0.2) is 0 Å². The monoisotopic (exact) mass is 230 g/mol. The summed E-state index contributed by atoms with van der Waals surface area (Å²) < 4.78 is 0. The van der Waals surface area contributed by atoms with Crippen LogP contribution in [0, 0.1) is 5.92 Å². The van der Waals surface area contributed by atoms with E-state index in [4.69, 9.17) is 5.73 Å². The van der Waals surface area contributed by atoms with Crippen molar-refractivity contribution in [3.8, 4) is 0 Å². The summed E-state index contributed by atoms with van der Waals surface area (Å²) in [6.07, 6.45) is 5.43. The molecule has 2 aliphatic rings. The third kappa shape index (κ3) is 2.19. The van der Waals surface area contributed by atoms with Gasteiger partial charge < -0.3 is 10.6 Å². The molecule has 2 fully saturated rings. The normalized spacial score (nSPS) is 25.0. The highest BCUT2D eigenvalue weighted by atomic mass is 15.2. The maximum absolute atomic E-state index is 5.76. The Kier molecular flexibility index (Phi) is 3.06. The van der Waals surface area contributed by atoms with Crippen LogP contribution in [0.2, 0.25) is 0 Å². The maximum atomic E-state index is 5.76. The van der Waals surface area contributed by atoms with Gasteiger partial charge in [-0.05, 0) is 55.3 Å². The molecule has 1 unspecified atom stereocenters. The van der Waals surface area contributed by atoms with Gasteiger partial charge in [0.2, 0.25) is 0 Å². The van der Waals surface area contributed by atoms with E-state index in [0.717, 1.165) is 19.0 Å². The summed E-state index contributed by atoms with van der Waals surface area (Å²) in [4.78, 5) is 2.50. The number of benzene rings is 1. The number of hydrogen-bond donors (Lipinski definition) is 1. The predicted molar refractivity (Wildman–Crippen MR) is 72.4 cm³/mol. The lowest BCUT2D eigenvalue weighted by molar-refractivity contribution is 0.420. The zero-order valence-electron chi connectivity index (χ0n) is 10.4. The molecule has 0 bridgehead atoms. The molecule has 1 aliphatic carbocycles. The highest BCUT2D eigenvalue weighted by Crippen LogP contribution is 2.37. The first-order valence-electron chi connectivity index (χ1n) is 6.92. The molecule has 17 heavy (non-hydrogen) atoms. The summed E-state index contributed by atoms with van der Waals surface area (Å²) >= 11 is 0. The first kappa shape index (κ1) is 11.1. The van der Waals surface area contributed by atoms with Gasteiger partial charge in [-0.2, -0.15) is 0 Å². The minimum absolute atomic E-state index is 0.697. The lowest BCUT2D eigenvalue weighted by atomic mass is 9.80. The Labute approximate surface area is 104 Å². The molecule has 1 saturated carbocycles. The van der Waals surface area contributed by atoms with Crippen LogP contribution in [0.25, 0.3) is 0 Å². The van der Waals surface area contributed by atoms with Crippen LogP contribution in [0.4, 0.5) is 5.69 Å². The average Bonchev–Trinajstić information content (AvgIpc) is 2.75. The summed E-state index contributed by atoms with van der Waals surface area (Å²) in [7, 11) is 0. The van der Waals surface area contributed by atoms with Gasteiger partial charge >= 0.3 is 0 Å². The molecule has 2 N–H and O–H groups in total. The summed E-state index contributed by atoms with van der Waals surface area (Å²) in [5.74, 6) is 1.53. The van der Waals surface area contributed by atoms with E-state index >= 15 is 0 Å². The third-order valence-electron chi connectivity index (χ3n) is 4.43. The zero-order valence-corrected chi connectivity index (χ0v) is 10.4. The lowest BCUT2D eigenvalue weighted by Gasteiger charge is -2.27. The molecule has 2 heteroatoms. The van der Waals surface area contributed by atoms with Gasteiger partial charge in [0.15, 0.2) is 0 Å². The van der Waals surface area contributed by atoms with E-state index < -0.39 is 0 Å². The van der Waals surface area contributed by atoms with Crippen LogP contribution in [-0.2, 0) is 0 Å². The number of anilines is 1. The minimum atomic E-state index is 0.697. The van der Waals surface area contributed by atoms with Crippen molar-refractivity contribution in [3.63, 3.8) is 0 Å². The predicted octanol–water partition coefficient (Wildman–Crippen LogP) is 2.74. The molecule has 0 spiro atoms. The molecule has 3 rings (SSSR count). The molecule has 1 aromatic rings. The van der Waals surface area contributed by atoms with Crippen molar-refractivity contribution in [2.24, 2.45) is 11.7 Å². The second-order valence-electron chi connectivity index (χ2n) is 5.56. The summed E-state index contributed by atoms with van der Waals surface area (Å²) in [6.45, 7) is 3.15. The van der Waals surface area contributed by atoms with E-state index in [0.29, 0.717) is 5.92 Å². The van der Waals surface area contributed by atoms with Gasteiger partial charge in [-0.1, -0.05) is 18.6 Å². The van der Waals surface area contributed by atoms with Gasteiger partial charge in [-0.15, -0.1) is 0 Å². The molecular formula is C15H22N2. The highest BCUT2D eigenvalue weighted by Gasteiger charge is 2.23. The van der Waals surface area contributed by atoms with E-state index in [-0.39, 0.29) is 0 Å². The molecule has 92 valence electrons. The number of rotatable bonds is 3. The fourth-order valence-electron chi connectivity index (χ4n) is 2.98. The van der Waals surface area contributed by atoms with E-state index in [1.54, 1.807) is 5.56 Å². The molecule has 0 aromatic heterocycles. The number of nitrogens with zero attached hydrogens (tertiary/aromatic N) is 1. The molecule has 1 aromatic carbocycles. The molecule has 1 aliphatic heterocycles. The highest BCUT2D eigenvalue weighted by molar-refractivity contribution is 5.50. The van der Waals surface area contributed by atoms with Gasteiger partial charge in [-0.3, -0.25) is 0 Å². The van der Waals surface area contributed by atoms with Crippen molar-refractivity contribution in [1.29, 1.82) is 0 Å². The van der Waals surface area contributed by atoms with E-state index in [1.807, 2.05) is 0 Å². The Hall–Kier alpha value is -1.02. The van der Waals surface area contributed by atoms with Crippen LogP contribution < -0.4 is 10.6 Å². The Morgan fingerprint density at radius 3 is 2.76 bits per heavy atom. The fraction of sp³-hybridized carbons (Fsp3) is 0.600. The van der Waals surface area contributed by atoms with Crippen LogP contribution in [0.3, 0.4) is 0 Å². The van der Waals surface area contributed by atoms with Gasteiger partial charge in [0, 0.05) is 18.8 Å².